The highest BCUT2D eigenvalue weighted by atomic mass is 19.3. The number of carbonyl (C=O) groups excluding carboxylic acids is 1. The van der Waals surface area contributed by atoms with Gasteiger partial charge in [0.05, 0.1) is 11.7 Å². The third kappa shape index (κ3) is 4.48. The number of halogens is 2. The summed E-state index contributed by atoms with van der Waals surface area (Å²) in [5.74, 6) is -0.495. The molecule has 0 aromatic heterocycles. The van der Waals surface area contributed by atoms with Gasteiger partial charge in [-0.25, -0.2) is 0 Å². The van der Waals surface area contributed by atoms with Gasteiger partial charge in [0.2, 0.25) is 5.91 Å². The molecule has 0 heterocycles. The van der Waals surface area contributed by atoms with Gasteiger partial charge in [-0.2, -0.15) is 8.78 Å². The maximum Gasteiger partial charge on any atom is 0.387 e. The minimum Gasteiger partial charge on any atom is -0.433 e. The summed E-state index contributed by atoms with van der Waals surface area (Å²) in [7, 11) is 0. The summed E-state index contributed by atoms with van der Waals surface area (Å²) >= 11 is 0. The van der Waals surface area contributed by atoms with Crippen molar-refractivity contribution in [1.29, 1.82) is 0 Å². The Hall–Kier alpha value is -1.69. The van der Waals surface area contributed by atoms with Crippen molar-refractivity contribution < 1.29 is 18.3 Å². The summed E-state index contributed by atoms with van der Waals surface area (Å²) in [6.45, 7) is 0.832. The lowest BCUT2D eigenvalue weighted by Crippen LogP contribution is -2.40. The first kappa shape index (κ1) is 15.4. The largest absolute Gasteiger partial charge is 0.433 e. The van der Waals surface area contributed by atoms with Gasteiger partial charge in [0.25, 0.3) is 0 Å². The van der Waals surface area contributed by atoms with E-state index in [1.54, 1.807) is 12.1 Å². The van der Waals surface area contributed by atoms with Crippen LogP contribution in [0.2, 0.25) is 0 Å². The zero-order valence-electron chi connectivity index (χ0n) is 10.9. The number of nitrogens with two attached hydrogens (primary N) is 1. The number of alkyl halides is 2. The number of nitrogens with one attached hydrogen (secondary N) is 1. The standard InChI is InChI=1S/C13H18F2N2O2/c1-3-8(2)11(16)12(18)17-9-6-4-5-7-10(9)19-13(14)15/h4-8,11,13H,3,16H2,1-2H3,(H,17,18)/t8-,11-/m0/s1. The van der Waals surface area contributed by atoms with Crippen LogP contribution in [0, 0.1) is 5.92 Å². The van der Waals surface area contributed by atoms with Crippen molar-refractivity contribution in [2.24, 2.45) is 11.7 Å². The lowest BCUT2D eigenvalue weighted by Gasteiger charge is -2.19. The Kier molecular flexibility index (Phi) is 5.69. The molecule has 0 aliphatic rings. The molecule has 2 atom stereocenters. The number of benzene rings is 1. The molecule has 0 radical (unpaired) electrons. The molecule has 0 spiro atoms. The third-order valence-corrected chi connectivity index (χ3v) is 2.92. The zero-order valence-corrected chi connectivity index (χ0v) is 10.9. The van der Waals surface area contributed by atoms with Crippen LogP contribution < -0.4 is 15.8 Å². The van der Waals surface area contributed by atoms with E-state index in [-0.39, 0.29) is 17.4 Å². The van der Waals surface area contributed by atoms with Crippen LogP contribution in [0.3, 0.4) is 0 Å². The summed E-state index contributed by atoms with van der Waals surface area (Å²) in [6, 6.07) is 5.31. The summed E-state index contributed by atoms with van der Waals surface area (Å²) in [5.41, 5.74) is 5.96. The topological polar surface area (TPSA) is 64.4 Å². The second-order valence-electron chi connectivity index (χ2n) is 4.28. The number of anilines is 1. The van der Waals surface area contributed by atoms with Crippen molar-refractivity contribution >= 4 is 11.6 Å². The molecule has 106 valence electrons. The molecular formula is C13H18F2N2O2. The normalized spacial score (nSPS) is 14.0. The maximum absolute atomic E-state index is 12.2. The predicted octanol–water partition coefficient (Wildman–Crippen LogP) is 2.60. The summed E-state index contributed by atoms with van der Waals surface area (Å²) in [4.78, 5) is 11.9. The monoisotopic (exact) mass is 272 g/mol. The minimum atomic E-state index is -2.94. The smallest absolute Gasteiger partial charge is 0.387 e. The molecule has 0 aliphatic carbocycles. The lowest BCUT2D eigenvalue weighted by molar-refractivity contribution is -0.118. The quantitative estimate of drug-likeness (QED) is 0.836. The SMILES string of the molecule is CC[C@H](C)[C@H](N)C(=O)Nc1ccccc1OC(F)F. The third-order valence-electron chi connectivity index (χ3n) is 2.92. The molecule has 1 aromatic rings. The van der Waals surface area contributed by atoms with Crippen LogP contribution in [0.5, 0.6) is 5.75 Å². The van der Waals surface area contributed by atoms with Gasteiger partial charge in [-0.1, -0.05) is 32.4 Å². The lowest BCUT2D eigenvalue weighted by atomic mass is 9.99. The highest BCUT2D eigenvalue weighted by Gasteiger charge is 2.20. The van der Waals surface area contributed by atoms with Crippen LogP contribution in [0.25, 0.3) is 0 Å². The molecule has 6 heteroatoms. The van der Waals surface area contributed by atoms with Crippen molar-refractivity contribution in [3.05, 3.63) is 24.3 Å². The molecule has 1 aromatic carbocycles. The van der Waals surface area contributed by atoms with E-state index in [0.29, 0.717) is 0 Å². The van der Waals surface area contributed by atoms with Gasteiger partial charge >= 0.3 is 6.61 Å². The molecule has 3 N–H and O–H groups in total. The van der Waals surface area contributed by atoms with Crippen molar-refractivity contribution in [2.75, 3.05) is 5.32 Å². The number of hydrogen-bond donors (Lipinski definition) is 2. The molecule has 19 heavy (non-hydrogen) atoms. The summed E-state index contributed by atoms with van der Waals surface area (Å²) in [6.07, 6.45) is 0.754. The first-order valence-corrected chi connectivity index (χ1v) is 6.06. The molecule has 1 amide bonds. The van der Waals surface area contributed by atoms with E-state index in [0.717, 1.165) is 6.42 Å². The van der Waals surface area contributed by atoms with Crippen LogP contribution in [0.15, 0.2) is 24.3 Å². The summed E-state index contributed by atoms with van der Waals surface area (Å²) in [5, 5.41) is 2.51. The van der Waals surface area contributed by atoms with Gasteiger partial charge in [-0.05, 0) is 18.1 Å². The first-order chi connectivity index (χ1) is 8.95. The van der Waals surface area contributed by atoms with E-state index in [1.807, 2.05) is 13.8 Å². The van der Waals surface area contributed by atoms with E-state index in [2.05, 4.69) is 10.1 Å². The fraction of sp³-hybridized carbons (Fsp3) is 0.462. The molecule has 0 bridgehead atoms. The van der Waals surface area contributed by atoms with Crippen LogP contribution in [0.4, 0.5) is 14.5 Å². The Morgan fingerprint density at radius 3 is 2.63 bits per heavy atom. The number of hydrogen-bond acceptors (Lipinski definition) is 3. The summed E-state index contributed by atoms with van der Waals surface area (Å²) < 4.78 is 28.8. The highest BCUT2D eigenvalue weighted by molar-refractivity contribution is 5.96. The number of carbonyl (C=O) groups is 1. The van der Waals surface area contributed by atoms with E-state index in [1.165, 1.54) is 12.1 Å². The Balaban J connectivity index is 2.79. The van der Waals surface area contributed by atoms with Gasteiger partial charge in [-0.15, -0.1) is 0 Å². The van der Waals surface area contributed by atoms with E-state index in [4.69, 9.17) is 5.73 Å². The average molecular weight is 272 g/mol. The number of amides is 1. The van der Waals surface area contributed by atoms with Crippen molar-refractivity contribution in [3.63, 3.8) is 0 Å². The van der Waals surface area contributed by atoms with Gasteiger partial charge in [0, 0.05) is 0 Å². The minimum absolute atomic E-state index is 0.00294. The van der Waals surface area contributed by atoms with Crippen LogP contribution in [-0.4, -0.2) is 18.6 Å². The molecule has 4 nitrogen and oxygen atoms in total. The van der Waals surface area contributed by atoms with Crippen molar-refractivity contribution in [1.82, 2.24) is 0 Å². The fourth-order valence-electron chi connectivity index (χ4n) is 1.50. The van der Waals surface area contributed by atoms with Crippen molar-refractivity contribution in [3.8, 4) is 5.75 Å². The number of ether oxygens (including phenoxy) is 1. The van der Waals surface area contributed by atoms with Crippen LogP contribution in [0.1, 0.15) is 20.3 Å². The second-order valence-corrected chi connectivity index (χ2v) is 4.28. The fourth-order valence-corrected chi connectivity index (χ4v) is 1.50. The van der Waals surface area contributed by atoms with Crippen LogP contribution in [-0.2, 0) is 4.79 Å². The highest BCUT2D eigenvalue weighted by Crippen LogP contribution is 2.25. The molecule has 1 rings (SSSR count). The number of para-hydroxylation sites is 2. The first-order valence-electron chi connectivity index (χ1n) is 6.06. The average Bonchev–Trinajstić information content (AvgIpc) is 2.38. The number of rotatable bonds is 6. The maximum atomic E-state index is 12.2. The predicted molar refractivity (Wildman–Crippen MR) is 69.1 cm³/mol. The van der Waals surface area contributed by atoms with Gasteiger partial charge in [0.1, 0.15) is 5.75 Å². The molecule has 0 aliphatic heterocycles. The Morgan fingerprint density at radius 1 is 1.42 bits per heavy atom. The molecule has 0 unspecified atom stereocenters. The Bertz CT molecular complexity index is 427. The van der Waals surface area contributed by atoms with Gasteiger partial charge in [0.15, 0.2) is 0 Å². The molecule has 0 fully saturated rings. The molecular weight excluding hydrogens is 254 g/mol. The van der Waals surface area contributed by atoms with Gasteiger partial charge < -0.3 is 15.8 Å². The van der Waals surface area contributed by atoms with E-state index >= 15 is 0 Å². The van der Waals surface area contributed by atoms with E-state index < -0.39 is 18.6 Å². The van der Waals surface area contributed by atoms with Crippen molar-refractivity contribution in [2.45, 2.75) is 32.9 Å². The Labute approximate surface area is 110 Å². The van der Waals surface area contributed by atoms with E-state index in [9.17, 15) is 13.6 Å². The zero-order chi connectivity index (χ0) is 14.4. The van der Waals surface area contributed by atoms with Crippen LogP contribution >= 0.6 is 0 Å². The molecule has 0 saturated carbocycles. The molecule has 0 saturated heterocycles. The second kappa shape index (κ2) is 7.04. The van der Waals surface area contributed by atoms with Gasteiger partial charge in [-0.3, -0.25) is 4.79 Å². The Morgan fingerprint density at radius 2 is 2.05 bits per heavy atom.